The van der Waals surface area contributed by atoms with Gasteiger partial charge in [-0.3, -0.25) is 0 Å². The summed E-state index contributed by atoms with van der Waals surface area (Å²) in [7, 11) is 0. The maximum atomic E-state index is 13.3. The lowest BCUT2D eigenvalue weighted by Gasteiger charge is -2.01. The van der Waals surface area contributed by atoms with E-state index in [4.69, 9.17) is 5.11 Å². The van der Waals surface area contributed by atoms with Crippen molar-refractivity contribution in [1.29, 1.82) is 0 Å². The number of halogens is 1. The van der Waals surface area contributed by atoms with Gasteiger partial charge in [-0.25, -0.2) is 4.39 Å². The Labute approximate surface area is 79.1 Å². The van der Waals surface area contributed by atoms with E-state index in [0.717, 1.165) is 5.56 Å². The van der Waals surface area contributed by atoms with Gasteiger partial charge in [0.05, 0.1) is 0 Å². The predicted molar refractivity (Wildman–Crippen MR) is 51.4 cm³/mol. The second-order valence-electron chi connectivity index (χ2n) is 2.65. The largest absolute Gasteiger partial charge is 0.505 e. The summed E-state index contributed by atoms with van der Waals surface area (Å²) in [4.78, 5) is 0. The highest BCUT2D eigenvalue weighted by molar-refractivity contribution is 7.08. The Kier molecular flexibility index (Phi) is 2.02. The topological polar surface area (TPSA) is 20.2 Å². The summed E-state index contributed by atoms with van der Waals surface area (Å²) >= 11 is 1.50. The Bertz CT molecular complexity index is 409. The van der Waals surface area contributed by atoms with E-state index in [1.807, 2.05) is 16.8 Å². The molecule has 0 saturated carbocycles. The van der Waals surface area contributed by atoms with Crippen LogP contribution in [0.15, 0.2) is 35.0 Å². The minimum Gasteiger partial charge on any atom is -0.505 e. The third-order valence-corrected chi connectivity index (χ3v) is 2.49. The first-order valence-corrected chi connectivity index (χ1v) is 4.73. The summed E-state index contributed by atoms with van der Waals surface area (Å²) in [5, 5.41) is 12.8. The van der Waals surface area contributed by atoms with Gasteiger partial charge in [0.1, 0.15) is 0 Å². The zero-order valence-electron chi connectivity index (χ0n) is 6.70. The van der Waals surface area contributed by atoms with Crippen LogP contribution in [-0.4, -0.2) is 5.11 Å². The molecule has 2 rings (SSSR count). The number of hydrogen-bond donors (Lipinski definition) is 1. The number of benzene rings is 1. The van der Waals surface area contributed by atoms with Crippen LogP contribution in [-0.2, 0) is 0 Å². The number of rotatable bonds is 1. The van der Waals surface area contributed by atoms with Gasteiger partial charge in [-0.2, -0.15) is 11.3 Å². The van der Waals surface area contributed by atoms with E-state index in [1.54, 1.807) is 12.1 Å². The molecule has 0 fully saturated rings. The molecule has 0 unspecified atom stereocenters. The molecule has 0 aliphatic heterocycles. The van der Waals surface area contributed by atoms with Crippen LogP contribution in [0.5, 0.6) is 5.75 Å². The first-order valence-electron chi connectivity index (χ1n) is 3.79. The average molecular weight is 194 g/mol. The number of phenols is 1. The molecule has 3 heteroatoms. The minimum atomic E-state index is -0.555. The number of hydrogen-bond acceptors (Lipinski definition) is 2. The van der Waals surface area contributed by atoms with Crippen molar-refractivity contribution >= 4 is 11.3 Å². The van der Waals surface area contributed by atoms with E-state index in [1.165, 1.54) is 17.4 Å². The molecule has 1 heterocycles. The van der Waals surface area contributed by atoms with Crippen LogP contribution < -0.4 is 0 Å². The van der Waals surface area contributed by atoms with Gasteiger partial charge in [-0.15, -0.1) is 0 Å². The quantitative estimate of drug-likeness (QED) is 0.738. The monoisotopic (exact) mass is 194 g/mol. The number of phenolic OH excluding ortho intramolecular Hbond substituents is 1. The maximum Gasteiger partial charge on any atom is 0.172 e. The molecule has 0 spiro atoms. The molecule has 0 amide bonds. The fraction of sp³-hybridized carbons (Fsp3) is 0. The van der Waals surface area contributed by atoms with Gasteiger partial charge in [-0.05, 0) is 28.5 Å². The van der Waals surface area contributed by atoms with Gasteiger partial charge in [0.15, 0.2) is 11.6 Å². The molecule has 1 nitrogen and oxygen atoms in total. The molecule has 66 valence electrons. The molecule has 2 aromatic rings. The van der Waals surface area contributed by atoms with Crippen molar-refractivity contribution in [2.75, 3.05) is 0 Å². The van der Waals surface area contributed by atoms with Crippen LogP contribution in [0.3, 0.4) is 0 Å². The summed E-state index contributed by atoms with van der Waals surface area (Å²) in [6.45, 7) is 0. The van der Waals surface area contributed by atoms with Crippen molar-refractivity contribution in [1.82, 2.24) is 0 Å². The molecule has 1 aromatic heterocycles. The summed E-state index contributed by atoms with van der Waals surface area (Å²) < 4.78 is 13.3. The second-order valence-corrected chi connectivity index (χ2v) is 3.43. The maximum absolute atomic E-state index is 13.3. The minimum absolute atomic E-state index is 0.302. The van der Waals surface area contributed by atoms with Crippen LogP contribution in [0.25, 0.3) is 11.1 Å². The molecule has 13 heavy (non-hydrogen) atoms. The third-order valence-electron chi connectivity index (χ3n) is 1.81. The number of thiophene rings is 1. The van der Waals surface area contributed by atoms with Gasteiger partial charge in [0.25, 0.3) is 0 Å². The zero-order chi connectivity index (χ0) is 9.26. The Morgan fingerprint density at radius 3 is 2.77 bits per heavy atom. The predicted octanol–water partition coefficient (Wildman–Crippen LogP) is 3.26. The van der Waals surface area contributed by atoms with E-state index < -0.39 is 5.82 Å². The van der Waals surface area contributed by atoms with Crippen molar-refractivity contribution in [2.45, 2.75) is 0 Å². The van der Waals surface area contributed by atoms with Crippen LogP contribution >= 0.6 is 11.3 Å². The fourth-order valence-electron chi connectivity index (χ4n) is 1.16. The Morgan fingerprint density at radius 2 is 2.08 bits per heavy atom. The highest BCUT2D eigenvalue weighted by Gasteiger charge is 2.08. The van der Waals surface area contributed by atoms with Gasteiger partial charge >= 0.3 is 0 Å². The molecule has 0 radical (unpaired) electrons. The van der Waals surface area contributed by atoms with Crippen LogP contribution in [0.2, 0.25) is 0 Å². The summed E-state index contributed by atoms with van der Waals surface area (Å²) in [5.74, 6) is -0.857. The third kappa shape index (κ3) is 1.42. The van der Waals surface area contributed by atoms with Gasteiger partial charge in [-0.1, -0.05) is 12.1 Å². The molecule has 0 aliphatic carbocycles. The van der Waals surface area contributed by atoms with E-state index >= 15 is 0 Å². The summed E-state index contributed by atoms with van der Waals surface area (Å²) in [6.07, 6.45) is 0. The molecular weight excluding hydrogens is 187 g/mol. The molecule has 0 atom stereocenters. The zero-order valence-corrected chi connectivity index (χ0v) is 7.51. The van der Waals surface area contributed by atoms with Gasteiger partial charge < -0.3 is 5.11 Å². The van der Waals surface area contributed by atoms with Crippen LogP contribution in [0.4, 0.5) is 4.39 Å². The van der Waals surface area contributed by atoms with E-state index in [2.05, 4.69) is 0 Å². The normalized spacial score (nSPS) is 10.2. The molecule has 0 bridgehead atoms. The van der Waals surface area contributed by atoms with E-state index in [9.17, 15) is 4.39 Å². The lowest BCUT2D eigenvalue weighted by Crippen LogP contribution is -1.81. The number of aromatic hydroxyl groups is 1. The lowest BCUT2D eigenvalue weighted by molar-refractivity contribution is 0.433. The Balaban J connectivity index is 2.59. The molecular formula is C10H7FOS. The highest BCUT2D eigenvalue weighted by Crippen LogP contribution is 2.29. The van der Waals surface area contributed by atoms with Crippen molar-refractivity contribution in [3.63, 3.8) is 0 Å². The Morgan fingerprint density at radius 1 is 1.23 bits per heavy atom. The molecule has 0 saturated heterocycles. The fourth-order valence-corrected chi connectivity index (χ4v) is 1.82. The summed E-state index contributed by atoms with van der Waals surface area (Å²) in [6, 6.07) is 6.44. The molecule has 0 aliphatic rings. The van der Waals surface area contributed by atoms with E-state index in [-0.39, 0.29) is 5.75 Å². The lowest BCUT2D eigenvalue weighted by atomic mass is 10.1. The van der Waals surface area contributed by atoms with Gasteiger partial charge in [0.2, 0.25) is 0 Å². The van der Waals surface area contributed by atoms with Crippen molar-refractivity contribution in [2.24, 2.45) is 0 Å². The standard InChI is InChI=1S/C10H7FOS/c11-10-8(2-1-3-9(10)12)7-4-5-13-6-7/h1-6,12H. The van der Waals surface area contributed by atoms with Crippen molar-refractivity contribution in [3.05, 3.63) is 40.8 Å². The van der Waals surface area contributed by atoms with Crippen molar-refractivity contribution in [3.8, 4) is 16.9 Å². The SMILES string of the molecule is Oc1cccc(-c2ccsc2)c1F. The average Bonchev–Trinajstić information content (AvgIpc) is 2.62. The van der Waals surface area contributed by atoms with E-state index in [0.29, 0.717) is 5.56 Å². The summed E-state index contributed by atoms with van der Waals surface area (Å²) in [5.41, 5.74) is 1.25. The Hall–Kier alpha value is -1.35. The van der Waals surface area contributed by atoms with Crippen molar-refractivity contribution < 1.29 is 9.50 Å². The smallest absolute Gasteiger partial charge is 0.172 e. The van der Waals surface area contributed by atoms with Gasteiger partial charge in [0, 0.05) is 5.56 Å². The first kappa shape index (κ1) is 8.26. The first-order chi connectivity index (χ1) is 6.29. The van der Waals surface area contributed by atoms with Crippen LogP contribution in [0.1, 0.15) is 0 Å². The molecule has 1 N–H and O–H groups in total. The van der Waals surface area contributed by atoms with Crippen LogP contribution in [0, 0.1) is 5.82 Å². The highest BCUT2D eigenvalue weighted by atomic mass is 32.1. The second kappa shape index (κ2) is 3.18. The molecule has 1 aromatic carbocycles.